The van der Waals surface area contributed by atoms with Crippen LogP contribution in [0.25, 0.3) is 11.3 Å². The molecule has 1 fully saturated rings. The number of nitrogens with two attached hydrogens (primary N) is 1. The average Bonchev–Trinajstić information content (AvgIpc) is 2.78. The number of hydrogen-bond acceptors (Lipinski definition) is 7. The molecule has 9 heteroatoms. The van der Waals surface area contributed by atoms with Gasteiger partial charge in [-0.3, -0.25) is 14.8 Å². The van der Waals surface area contributed by atoms with Crippen LogP contribution in [0.3, 0.4) is 0 Å². The van der Waals surface area contributed by atoms with E-state index in [0.717, 1.165) is 6.20 Å². The number of amides is 1. The molecule has 0 aromatic carbocycles. The Morgan fingerprint density at radius 1 is 1.19 bits per heavy atom. The number of aliphatic hydroxyl groups excluding tert-OH is 1. The van der Waals surface area contributed by atoms with Gasteiger partial charge in [-0.1, -0.05) is 6.92 Å². The lowest BCUT2D eigenvalue weighted by molar-refractivity contribution is -0.124. The Bertz CT molecular complexity index is 1130. The quantitative estimate of drug-likeness (QED) is 0.572. The van der Waals surface area contributed by atoms with E-state index < -0.39 is 23.9 Å². The molecule has 1 amide bonds. The zero-order chi connectivity index (χ0) is 22.8. The van der Waals surface area contributed by atoms with Crippen molar-refractivity contribution >= 4 is 17.3 Å². The van der Waals surface area contributed by atoms with Crippen molar-refractivity contribution in [2.75, 3.05) is 11.1 Å². The van der Waals surface area contributed by atoms with Gasteiger partial charge in [0.25, 0.3) is 5.91 Å². The Morgan fingerprint density at radius 3 is 2.69 bits per heavy atom. The Kier molecular flexibility index (Phi) is 6.11. The number of rotatable bonds is 4. The van der Waals surface area contributed by atoms with Crippen molar-refractivity contribution in [3.8, 4) is 11.3 Å². The standard InChI is InChI=1S/C23H24FN5O3/c1-12-13(2)32-21(9-20(12)30)15-6-8-27-11-19(15)29-23(31)22-17(25)3-4-18(28-22)14-5-7-26-10-16(14)24/h3-8,10-13,20-21,30H,9,25H2,1-2H3,(H,29,31)/t12?,13-,20-,21-/m1/s1. The van der Waals surface area contributed by atoms with Crippen LogP contribution >= 0.6 is 0 Å². The molecule has 4 heterocycles. The second-order valence-corrected chi connectivity index (χ2v) is 7.90. The number of halogens is 1. The first-order valence-corrected chi connectivity index (χ1v) is 10.3. The van der Waals surface area contributed by atoms with E-state index in [2.05, 4.69) is 20.3 Å². The lowest BCUT2D eigenvalue weighted by Crippen LogP contribution is -2.38. The van der Waals surface area contributed by atoms with E-state index in [9.17, 15) is 14.3 Å². The number of nitrogens with one attached hydrogen (secondary N) is 1. The number of nitrogen functional groups attached to an aromatic ring is 1. The van der Waals surface area contributed by atoms with Crippen molar-refractivity contribution in [1.82, 2.24) is 15.0 Å². The van der Waals surface area contributed by atoms with Crippen LogP contribution in [-0.2, 0) is 4.74 Å². The van der Waals surface area contributed by atoms with Crippen LogP contribution in [0.1, 0.15) is 42.4 Å². The topological polar surface area (TPSA) is 123 Å². The number of carbonyl (C=O) groups is 1. The molecule has 3 aromatic heterocycles. The number of nitrogens with zero attached hydrogens (tertiary/aromatic N) is 3. The van der Waals surface area contributed by atoms with Gasteiger partial charge < -0.3 is 20.9 Å². The van der Waals surface area contributed by atoms with E-state index in [1.165, 1.54) is 24.5 Å². The fourth-order valence-electron chi connectivity index (χ4n) is 3.74. The third kappa shape index (κ3) is 4.30. The second-order valence-electron chi connectivity index (χ2n) is 7.90. The number of pyridine rings is 3. The summed E-state index contributed by atoms with van der Waals surface area (Å²) >= 11 is 0. The first kappa shape index (κ1) is 21.8. The van der Waals surface area contributed by atoms with Gasteiger partial charge in [0.05, 0.1) is 47.8 Å². The van der Waals surface area contributed by atoms with Gasteiger partial charge in [0, 0.05) is 35.9 Å². The first-order chi connectivity index (χ1) is 15.3. The number of aromatic nitrogens is 3. The summed E-state index contributed by atoms with van der Waals surface area (Å²) in [5, 5.41) is 13.2. The molecule has 0 aliphatic carbocycles. The Balaban J connectivity index is 1.62. The molecule has 3 aromatic rings. The summed E-state index contributed by atoms with van der Waals surface area (Å²) in [6.45, 7) is 3.85. The van der Waals surface area contributed by atoms with Gasteiger partial charge in [-0.15, -0.1) is 0 Å². The molecule has 0 bridgehead atoms. The largest absolute Gasteiger partial charge is 0.397 e. The number of aliphatic hydroxyl groups is 1. The molecule has 8 nitrogen and oxygen atoms in total. The molecule has 1 saturated heterocycles. The van der Waals surface area contributed by atoms with E-state index in [-0.39, 0.29) is 34.7 Å². The number of carbonyl (C=O) groups excluding carboxylic acids is 1. The van der Waals surface area contributed by atoms with Crippen molar-refractivity contribution in [1.29, 1.82) is 0 Å². The first-order valence-electron chi connectivity index (χ1n) is 10.3. The Labute approximate surface area is 184 Å². The molecular weight excluding hydrogens is 413 g/mol. The molecule has 0 spiro atoms. The molecule has 4 atom stereocenters. The maximum Gasteiger partial charge on any atom is 0.276 e. The van der Waals surface area contributed by atoms with Crippen molar-refractivity contribution in [3.63, 3.8) is 0 Å². The van der Waals surface area contributed by atoms with Crippen molar-refractivity contribution < 1.29 is 19.0 Å². The van der Waals surface area contributed by atoms with Crippen LogP contribution in [0.15, 0.2) is 49.1 Å². The number of hydrogen-bond donors (Lipinski definition) is 3. The second kappa shape index (κ2) is 8.97. The van der Waals surface area contributed by atoms with Crippen LogP contribution in [0.4, 0.5) is 15.8 Å². The van der Waals surface area contributed by atoms with Crippen LogP contribution in [0.2, 0.25) is 0 Å². The third-order valence-corrected chi connectivity index (χ3v) is 5.82. The van der Waals surface area contributed by atoms with Gasteiger partial charge in [-0.05, 0) is 31.2 Å². The maximum atomic E-state index is 14.1. The van der Waals surface area contributed by atoms with Gasteiger partial charge in [0.1, 0.15) is 0 Å². The van der Waals surface area contributed by atoms with Crippen molar-refractivity contribution in [2.24, 2.45) is 5.92 Å². The van der Waals surface area contributed by atoms with Gasteiger partial charge >= 0.3 is 0 Å². The molecule has 166 valence electrons. The van der Waals surface area contributed by atoms with Crippen LogP contribution in [-0.4, -0.2) is 38.2 Å². The minimum absolute atomic E-state index is 0.00597. The van der Waals surface area contributed by atoms with Crippen molar-refractivity contribution in [3.05, 3.63) is 66.1 Å². The van der Waals surface area contributed by atoms with Crippen LogP contribution < -0.4 is 11.1 Å². The fourth-order valence-corrected chi connectivity index (χ4v) is 3.74. The highest BCUT2D eigenvalue weighted by Gasteiger charge is 2.34. The molecule has 4 rings (SSSR count). The average molecular weight is 437 g/mol. The highest BCUT2D eigenvalue weighted by Crippen LogP contribution is 2.37. The lowest BCUT2D eigenvalue weighted by atomic mass is 9.88. The summed E-state index contributed by atoms with van der Waals surface area (Å²) in [7, 11) is 0. The predicted molar refractivity (Wildman–Crippen MR) is 117 cm³/mol. The molecule has 32 heavy (non-hydrogen) atoms. The minimum atomic E-state index is -0.564. The highest BCUT2D eigenvalue weighted by molar-refractivity contribution is 6.06. The molecular formula is C23H24FN5O3. The number of anilines is 2. The molecule has 1 aliphatic rings. The summed E-state index contributed by atoms with van der Waals surface area (Å²) in [6, 6.07) is 6.27. The summed E-state index contributed by atoms with van der Waals surface area (Å²) in [5.74, 6) is -1.11. The van der Waals surface area contributed by atoms with Crippen molar-refractivity contribution in [2.45, 2.75) is 38.6 Å². The Hall–Kier alpha value is -3.43. The van der Waals surface area contributed by atoms with Gasteiger partial charge in [-0.25, -0.2) is 9.37 Å². The number of ether oxygens (including phenoxy) is 1. The van der Waals surface area contributed by atoms with E-state index >= 15 is 0 Å². The zero-order valence-electron chi connectivity index (χ0n) is 17.7. The third-order valence-electron chi connectivity index (χ3n) is 5.82. The Morgan fingerprint density at radius 2 is 1.94 bits per heavy atom. The lowest BCUT2D eigenvalue weighted by Gasteiger charge is -2.37. The smallest absolute Gasteiger partial charge is 0.276 e. The monoisotopic (exact) mass is 437 g/mol. The molecule has 1 unspecified atom stereocenters. The van der Waals surface area contributed by atoms with E-state index in [0.29, 0.717) is 17.7 Å². The summed E-state index contributed by atoms with van der Waals surface area (Å²) in [5.41, 5.74) is 7.70. The fraction of sp³-hybridized carbons (Fsp3) is 0.304. The molecule has 0 saturated carbocycles. The van der Waals surface area contributed by atoms with E-state index in [1.54, 1.807) is 18.3 Å². The molecule has 4 N–H and O–H groups in total. The van der Waals surface area contributed by atoms with Gasteiger partial charge in [0.15, 0.2) is 11.5 Å². The van der Waals surface area contributed by atoms with Crippen LogP contribution in [0, 0.1) is 11.7 Å². The highest BCUT2D eigenvalue weighted by atomic mass is 19.1. The maximum absolute atomic E-state index is 14.1. The minimum Gasteiger partial charge on any atom is -0.397 e. The normalized spacial score (nSPS) is 23.0. The van der Waals surface area contributed by atoms with Crippen LogP contribution in [0.5, 0.6) is 0 Å². The predicted octanol–water partition coefficient (Wildman–Crippen LogP) is 3.36. The SMILES string of the molecule is CC1[C@H](O)C[C@H](c2ccncc2NC(=O)c2nc(-c3ccncc3F)ccc2N)O[C@@H]1C. The van der Waals surface area contributed by atoms with Gasteiger partial charge in [0.2, 0.25) is 0 Å². The van der Waals surface area contributed by atoms with E-state index in [4.69, 9.17) is 10.5 Å². The van der Waals surface area contributed by atoms with E-state index in [1.807, 2.05) is 13.8 Å². The summed E-state index contributed by atoms with van der Waals surface area (Å²) in [4.78, 5) is 25.1. The molecule has 0 radical (unpaired) electrons. The molecule has 1 aliphatic heterocycles. The zero-order valence-corrected chi connectivity index (χ0v) is 17.7. The van der Waals surface area contributed by atoms with Gasteiger partial charge in [-0.2, -0.15) is 0 Å². The summed E-state index contributed by atoms with van der Waals surface area (Å²) in [6.07, 6.45) is 4.95. The summed E-state index contributed by atoms with van der Waals surface area (Å²) < 4.78 is 20.2.